The normalized spacial score (nSPS) is 12.8. The highest BCUT2D eigenvalue weighted by Gasteiger charge is 2.02. The summed E-state index contributed by atoms with van der Waals surface area (Å²) < 4.78 is 0. The lowest BCUT2D eigenvalue weighted by molar-refractivity contribution is 0.199. The van der Waals surface area contributed by atoms with Gasteiger partial charge in [-0.05, 0) is 19.2 Å². The molecule has 0 aliphatic heterocycles. The van der Waals surface area contributed by atoms with E-state index in [2.05, 4.69) is 17.4 Å². The van der Waals surface area contributed by atoms with Crippen molar-refractivity contribution in [3.8, 4) is 0 Å². The molecule has 1 aromatic rings. The van der Waals surface area contributed by atoms with Gasteiger partial charge in [-0.3, -0.25) is 0 Å². The van der Waals surface area contributed by atoms with Crippen molar-refractivity contribution in [2.45, 2.75) is 11.0 Å². The lowest BCUT2D eigenvalue weighted by atomic mass is 10.4. The van der Waals surface area contributed by atoms with Crippen LogP contribution < -0.4 is 5.32 Å². The fourth-order valence-corrected chi connectivity index (χ4v) is 1.86. The SMILES string of the molecule is CNCC(O)CSc1ccccc1. The molecule has 0 aromatic heterocycles. The Morgan fingerprint density at radius 2 is 2.08 bits per heavy atom. The van der Waals surface area contributed by atoms with Crippen molar-refractivity contribution in [2.75, 3.05) is 19.3 Å². The van der Waals surface area contributed by atoms with E-state index in [0.29, 0.717) is 6.54 Å². The third-order valence-corrected chi connectivity index (χ3v) is 2.78. The molecule has 0 aliphatic carbocycles. The summed E-state index contributed by atoms with van der Waals surface area (Å²) >= 11 is 1.68. The van der Waals surface area contributed by atoms with Crippen LogP contribution in [0.15, 0.2) is 35.2 Å². The van der Waals surface area contributed by atoms with Gasteiger partial charge in [0.2, 0.25) is 0 Å². The number of aliphatic hydroxyl groups excluding tert-OH is 1. The van der Waals surface area contributed by atoms with Crippen LogP contribution in [0.3, 0.4) is 0 Å². The maximum atomic E-state index is 9.43. The van der Waals surface area contributed by atoms with Crippen LogP contribution in [0.5, 0.6) is 0 Å². The van der Waals surface area contributed by atoms with Gasteiger partial charge in [0.05, 0.1) is 6.10 Å². The second-order valence-electron chi connectivity index (χ2n) is 2.84. The van der Waals surface area contributed by atoms with Crippen LogP contribution in [0.1, 0.15) is 0 Å². The van der Waals surface area contributed by atoms with E-state index in [1.807, 2.05) is 25.2 Å². The number of hydrogen-bond acceptors (Lipinski definition) is 3. The van der Waals surface area contributed by atoms with E-state index in [4.69, 9.17) is 0 Å². The van der Waals surface area contributed by atoms with Crippen molar-refractivity contribution in [3.63, 3.8) is 0 Å². The zero-order valence-corrected chi connectivity index (χ0v) is 8.55. The Hall–Kier alpha value is -0.510. The molecular weight excluding hydrogens is 182 g/mol. The molecule has 2 N–H and O–H groups in total. The van der Waals surface area contributed by atoms with Crippen LogP contribution in [-0.2, 0) is 0 Å². The molecule has 72 valence electrons. The Morgan fingerprint density at radius 1 is 1.38 bits per heavy atom. The average Bonchev–Trinajstić information content (AvgIpc) is 2.17. The van der Waals surface area contributed by atoms with Crippen molar-refractivity contribution in [1.82, 2.24) is 5.32 Å². The second kappa shape index (κ2) is 6.02. The van der Waals surface area contributed by atoms with E-state index in [-0.39, 0.29) is 6.10 Å². The number of aliphatic hydroxyl groups is 1. The van der Waals surface area contributed by atoms with Crippen LogP contribution in [-0.4, -0.2) is 30.6 Å². The summed E-state index contributed by atoms with van der Waals surface area (Å²) in [5, 5.41) is 12.4. The summed E-state index contributed by atoms with van der Waals surface area (Å²) in [6.07, 6.45) is -0.268. The number of hydrogen-bond donors (Lipinski definition) is 2. The Balaban J connectivity index is 2.27. The first-order valence-electron chi connectivity index (χ1n) is 4.33. The van der Waals surface area contributed by atoms with Gasteiger partial charge in [0, 0.05) is 17.2 Å². The molecule has 1 atom stereocenters. The summed E-state index contributed by atoms with van der Waals surface area (Å²) in [6, 6.07) is 10.1. The van der Waals surface area contributed by atoms with Gasteiger partial charge in [0.25, 0.3) is 0 Å². The highest BCUT2D eigenvalue weighted by atomic mass is 32.2. The van der Waals surface area contributed by atoms with Crippen molar-refractivity contribution in [1.29, 1.82) is 0 Å². The maximum Gasteiger partial charge on any atom is 0.0758 e. The first kappa shape index (κ1) is 10.6. The summed E-state index contributed by atoms with van der Waals surface area (Å²) in [7, 11) is 1.84. The van der Waals surface area contributed by atoms with E-state index >= 15 is 0 Å². The lowest BCUT2D eigenvalue weighted by Crippen LogP contribution is -2.25. The monoisotopic (exact) mass is 197 g/mol. The zero-order chi connectivity index (χ0) is 9.52. The van der Waals surface area contributed by atoms with E-state index in [9.17, 15) is 5.11 Å². The Labute approximate surface area is 83.4 Å². The quantitative estimate of drug-likeness (QED) is 0.699. The molecule has 0 radical (unpaired) electrons. The third-order valence-electron chi connectivity index (χ3n) is 1.63. The van der Waals surface area contributed by atoms with Gasteiger partial charge >= 0.3 is 0 Å². The van der Waals surface area contributed by atoms with E-state index in [1.165, 1.54) is 4.90 Å². The predicted octanol–water partition coefficient (Wildman–Crippen LogP) is 1.36. The van der Waals surface area contributed by atoms with E-state index in [0.717, 1.165) is 5.75 Å². The molecule has 1 rings (SSSR count). The zero-order valence-electron chi connectivity index (χ0n) is 7.73. The average molecular weight is 197 g/mol. The van der Waals surface area contributed by atoms with Crippen molar-refractivity contribution in [2.24, 2.45) is 0 Å². The summed E-state index contributed by atoms with van der Waals surface area (Å²) in [5.41, 5.74) is 0. The maximum absolute atomic E-state index is 9.43. The van der Waals surface area contributed by atoms with Gasteiger partial charge in [0.1, 0.15) is 0 Å². The van der Waals surface area contributed by atoms with Gasteiger partial charge < -0.3 is 10.4 Å². The van der Waals surface area contributed by atoms with Gasteiger partial charge in [-0.25, -0.2) is 0 Å². The fraction of sp³-hybridized carbons (Fsp3) is 0.400. The van der Waals surface area contributed by atoms with Gasteiger partial charge in [-0.15, -0.1) is 11.8 Å². The molecule has 2 nitrogen and oxygen atoms in total. The van der Waals surface area contributed by atoms with Crippen LogP contribution in [0, 0.1) is 0 Å². The molecule has 0 saturated heterocycles. The number of nitrogens with one attached hydrogen (secondary N) is 1. The minimum Gasteiger partial charge on any atom is -0.391 e. The Kier molecular flexibility index (Phi) is 4.90. The number of likely N-dealkylation sites (N-methyl/N-ethyl adjacent to an activating group) is 1. The van der Waals surface area contributed by atoms with Crippen molar-refractivity contribution < 1.29 is 5.11 Å². The minimum atomic E-state index is -0.268. The van der Waals surface area contributed by atoms with Gasteiger partial charge in [0.15, 0.2) is 0 Å². The van der Waals surface area contributed by atoms with Gasteiger partial charge in [-0.2, -0.15) is 0 Å². The molecule has 1 aromatic carbocycles. The number of thioether (sulfide) groups is 1. The van der Waals surface area contributed by atoms with Crippen LogP contribution in [0.4, 0.5) is 0 Å². The van der Waals surface area contributed by atoms with E-state index in [1.54, 1.807) is 11.8 Å². The highest BCUT2D eigenvalue weighted by Crippen LogP contribution is 2.17. The Bertz CT molecular complexity index is 228. The number of rotatable bonds is 5. The lowest BCUT2D eigenvalue weighted by Gasteiger charge is -2.08. The number of benzene rings is 1. The third kappa shape index (κ3) is 4.31. The molecule has 0 spiro atoms. The molecule has 13 heavy (non-hydrogen) atoms. The van der Waals surface area contributed by atoms with Crippen molar-refractivity contribution in [3.05, 3.63) is 30.3 Å². The summed E-state index contributed by atoms with van der Waals surface area (Å²) in [5.74, 6) is 0.741. The first-order valence-corrected chi connectivity index (χ1v) is 5.32. The Morgan fingerprint density at radius 3 is 2.69 bits per heavy atom. The molecule has 0 saturated carbocycles. The van der Waals surface area contributed by atoms with E-state index < -0.39 is 0 Å². The van der Waals surface area contributed by atoms with Gasteiger partial charge in [-0.1, -0.05) is 18.2 Å². The molecule has 0 fully saturated rings. The van der Waals surface area contributed by atoms with Crippen molar-refractivity contribution >= 4 is 11.8 Å². The molecular formula is C10H15NOS. The topological polar surface area (TPSA) is 32.3 Å². The van der Waals surface area contributed by atoms with Crippen LogP contribution >= 0.6 is 11.8 Å². The largest absolute Gasteiger partial charge is 0.391 e. The highest BCUT2D eigenvalue weighted by molar-refractivity contribution is 7.99. The molecule has 3 heteroatoms. The van der Waals surface area contributed by atoms with Crippen LogP contribution in [0.25, 0.3) is 0 Å². The molecule has 1 unspecified atom stereocenters. The molecule has 0 heterocycles. The first-order chi connectivity index (χ1) is 6.33. The smallest absolute Gasteiger partial charge is 0.0758 e. The molecule has 0 aliphatic rings. The standard InChI is InChI=1S/C10H15NOS/c1-11-7-9(12)8-13-10-5-3-2-4-6-10/h2-6,9,11-12H,7-8H2,1H3. The second-order valence-corrected chi connectivity index (χ2v) is 3.93. The van der Waals surface area contributed by atoms with Crippen LogP contribution in [0.2, 0.25) is 0 Å². The molecule has 0 amide bonds. The summed E-state index contributed by atoms with van der Waals surface area (Å²) in [4.78, 5) is 1.21. The molecule has 0 bridgehead atoms. The minimum absolute atomic E-state index is 0.268. The predicted molar refractivity (Wildman–Crippen MR) is 57.1 cm³/mol. The fourth-order valence-electron chi connectivity index (χ4n) is 1.00. The summed E-state index contributed by atoms with van der Waals surface area (Å²) in [6.45, 7) is 0.653.